The zero-order valence-electron chi connectivity index (χ0n) is 14.7. The number of carbonyl (C=O) groups is 1. The third kappa shape index (κ3) is 3.19. The number of aromatic nitrogens is 2. The minimum absolute atomic E-state index is 0.130. The molecule has 0 atom stereocenters. The number of aromatic amines is 1. The highest BCUT2D eigenvalue weighted by molar-refractivity contribution is 6.13. The first-order valence-corrected chi connectivity index (χ1v) is 8.63. The van der Waals surface area contributed by atoms with Crippen LogP contribution in [0.5, 0.6) is 0 Å². The fourth-order valence-electron chi connectivity index (χ4n) is 3.10. The molecule has 0 amide bonds. The Morgan fingerprint density at radius 3 is 2.14 bits per heavy atom. The van der Waals surface area contributed by atoms with Crippen molar-refractivity contribution in [1.82, 2.24) is 10.2 Å². The number of non-ortho nitro benzene ring substituents is 1. The summed E-state index contributed by atoms with van der Waals surface area (Å²) in [6.07, 6.45) is 0. The lowest BCUT2D eigenvalue weighted by molar-refractivity contribution is -0.384. The first kappa shape index (κ1) is 17.4. The number of benzene rings is 3. The molecule has 1 N–H and O–H groups in total. The summed E-state index contributed by atoms with van der Waals surface area (Å²) in [5.41, 5.74) is 3.43. The summed E-state index contributed by atoms with van der Waals surface area (Å²) in [5, 5.41) is 18.3. The average Bonchev–Trinajstić information content (AvgIpc) is 3.19. The summed E-state index contributed by atoms with van der Waals surface area (Å²) in [5.74, 6) is -0.350. The van der Waals surface area contributed by atoms with Crippen molar-refractivity contribution in [2.24, 2.45) is 0 Å². The van der Waals surface area contributed by atoms with Crippen molar-refractivity contribution in [3.8, 4) is 22.4 Å². The molecule has 136 valence electrons. The van der Waals surface area contributed by atoms with Crippen LogP contribution in [0, 0.1) is 10.1 Å². The molecule has 0 saturated carbocycles. The van der Waals surface area contributed by atoms with Crippen molar-refractivity contribution in [3.05, 3.63) is 106 Å². The maximum Gasteiger partial charge on any atom is 0.270 e. The number of hydrogen-bond acceptors (Lipinski definition) is 4. The van der Waals surface area contributed by atoms with Gasteiger partial charge in [0.05, 0.1) is 4.92 Å². The SMILES string of the molecule is O=C(c1cccc([N+](=O)[O-])c1)c1[nH]nc(-c2ccccc2)c1-c1ccccc1. The van der Waals surface area contributed by atoms with Gasteiger partial charge in [-0.2, -0.15) is 5.10 Å². The molecule has 6 heteroatoms. The van der Waals surface area contributed by atoms with Gasteiger partial charge in [-0.3, -0.25) is 20.0 Å². The monoisotopic (exact) mass is 369 g/mol. The smallest absolute Gasteiger partial charge is 0.270 e. The van der Waals surface area contributed by atoms with Crippen LogP contribution in [-0.2, 0) is 0 Å². The van der Waals surface area contributed by atoms with E-state index in [0.717, 1.165) is 11.1 Å². The molecule has 4 aromatic rings. The van der Waals surface area contributed by atoms with Crippen LogP contribution in [0.3, 0.4) is 0 Å². The van der Waals surface area contributed by atoms with Crippen molar-refractivity contribution in [2.75, 3.05) is 0 Å². The predicted octanol–water partition coefficient (Wildman–Crippen LogP) is 4.88. The number of rotatable bonds is 5. The number of nitro benzene ring substituents is 1. The molecule has 0 aliphatic carbocycles. The van der Waals surface area contributed by atoms with E-state index in [4.69, 9.17) is 0 Å². The van der Waals surface area contributed by atoms with Gasteiger partial charge in [-0.25, -0.2) is 0 Å². The molecule has 0 bridgehead atoms. The number of nitro groups is 1. The van der Waals surface area contributed by atoms with E-state index in [0.29, 0.717) is 17.0 Å². The second-order valence-electron chi connectivity index (χ2n) is 6.19. The lowest BCUT2D eigenvalue weighted by Crippen LogP contribution is -2.04. The molecule has 0 unspecified atom stereocenters. The van der Waals surface area contributed by atoms with Crippen LogP contribution in [-0.4, -0.2) is 20.9 Å². The molecular formula is C22H15N3O3. The molecule has 0 aliphatic heterocycles. The topological polar surface area (TPSA) is 88.9 Å². The Hall–Kier alpha value is -4.06. The van der Waals surface area contributed by atoms with Crippen molar-refractivity contribution in [1.29, 1.82) is 0 Å². The number of ketones is 1. The highest BCUT2D eigenvalue weighted by atomic mass is 16.6. The van der Waals surface area contributed by atoms with Crippen LogP contribution >= 0.6 is 0 Å². The maximum absolute atomic E-state index is 13.2. The van der Waals surface area contributed by atoms with E-state index in [1.165, 1.54) is 18.2 Å². The van der Waals surface area contributed by atoms with Gasteiger partial charge < -0.3 is 0 Å². The van der Waals surface area contributed by atoms with Gasteiger partial charge >= 0.3 is 0 Å². The van der Waals surface area contributed by atoms with Crippen LogP contribution in [0.4, 0.5) is 5.69 Å². The minimum atomic E-state index is -0.517. The molecule has 28 heavy (non-hydrogen) atoms. The van der Waals surface area contributed by atoms with Crippen LogP contribution in [0.2, 0.25) is 0 Å². The van der Waals surface area contributed by atoms with Gasteiger partial charge in [-0.15, -0.1) is 0 Å². The van der Waals surface area contributed by atoms with Crippen LogP contribution in [0.1, 0.15) is 16.1 Å². The summed E-state index contributed by atoms with van der Waals surface area (Å²) < 4.78 is 0. The second kappa shape index (κ2) is 7.28. The quantitative estimate of drug-likeness (QED) is 0.308. The van der Waals surface area contributed by atoms with Crippen molar-refractivity contribution >= 4 is 11.5 Å². The average molecular weight is 369 g/mol. The van der Waals surface area contributed by atoms with Gasteiger partial charge in [0.25, 0.3) is 5.69 Å². The zero-order chi connectivity index (χ0) is 19.5. The van der Waals surface area contributed by atoms with Gasteiger partial charge in [0, 0.05) is 28.8 Å². The lowest BCUT2D eigenvalue weighted by Gasteiger charge is -2.06. The normalized spacial score (nSPS) is 10.6. The van der Waals surface area contributed by atoms with Gasteiger partial charge in [0.15, 0.2) is 0 Å². The number of hydrogen-bond donors (Lipinski definition) is 1. The zero-order valence-corrected chi connectivity index (χ0v) is 14.7. The molecule has 1 aromatic heterocycles. The van der Waals surface area contributed by atoms with E-state index in [9.17, 15) is 14.9 Å². The van der Waals surface area contributed by atoms with E-state index < -0.39 is 4.92 Å². The highest BCUT2D eigenvalue weighted by Gasteiger charge is 2.23. The molecule has 1 heterocycles. The molecule has 0 fully saturated rings. The molecular weight excluding hydrogens is 354 g/mol. The largest absolute Gasteiger partial charge is 0.287 e. The van der Waals surface area contributed by atoms with Crippen LogP contribution in [0.15, 0.2) is 84.9 Å². The first-order chi connectivity index (χ1) is 13.6. The third-order valence-corrected chi connectivity index (χ3v) is 4.42. The van der Waals surface area contributed by atoms with E-state index >= 15 is 0 Å². The van der Waals surface area contributed by atoms with Gasteiger partial charge in [0.2, 0.25) is 5.78 Å². The summed E-state index contributed by atoms with van der Waals surface area (Å²) in [7, 11) is 0. The van der Waals surface area contributed by atoms with Crippen molar-refractivity contribution in [2.45, 2.75) is 0 Å². The van der Waals surface area contributed by atoms with Gasteiger partial charge in [0.1, 0.15) is 11.4 Å². The third-order valence-electron chi connectivity index (χ3n) is 4.42. The Balaban J connectivity index is 1.88. The molecule has 0 spiro atoms. The highest BCUT2D eigenvalue weighted by Crippen LogP contribution is 2.34. The number of nitrogens with zero attached hydrogens (tertiary/aromatic N) is 2. The van der Waals surface area contributed by atoms with Crippen molar-refractivity contribution < 1.29 is 9.72 Å². The minimum Gasteiger partial charge on any atom is -0.287 e. The van der Waals surface area contributed by atoms with E-state index in [2.05, 4.69) is 10.2 Å². The maximum atomic E-state index is 13.2. The molecule has 4 rings (SSSR count). The van der Waals surface area contributed by atoms with E-state index in [1.54, 1.807) is 6.07 Å². The first-order valence-electron chi connectivity index (χ1n) is 8.63. The van der Waals surface area contributed by atoms with Crippen LogP contribution < -0.4 is 0 Å². The van der Waals surface area contributed by atoms with Crippen molar-refractivity contribution in [3.63, 3.8) is 0 Å². The second-order valence-corrected chi connectivity index (χ2v) is 6.19. The van der Waals surface area contributed by atoms with E-state index in [1.807, 2.05) is 60.7 Å². The summed E-state index contributed by atoms with van der Waals surface area (Å²) >= 11 is 0. The molecule has 0 aliphatic rings. The Labute approximate surface area is 160 Å². The summed E-state index contributed by atoms with van der Waals surface area (Å²) in [4.78, 5) is 23.7. The Morgan fingerprint density at radius 1 is 0.857 bits per heavy atom. The number of carbonyl (C=O) groups excluding carboxylic acids is 1. The number of H-pyrrole nitrogens is 1. The molecule has 6 nitrogen and oxygen atoms in total. The predicted molar refractivity (Wildman–Crippen MR) is 106 cm³/mol. The fourth-order valence-corrected chi connectivity index (χ4v) is 3.10. The molecule has 0 radical (unpaired) electrons. The molecule has 3 aromatic carbocycles. The van der Waals surface area contributed by atoms with E-state index in [-0.39, 0.29) is 17.0 Å². The summed E-state index contributed by atoms with van der Waals surface area (Å²) in [6, 6.07) is 24.7. The van der Waals surface area contributed by atoms with Gasteiger partial charge in [-0.05, 0) is 5.56 Å². The molecule has 0 saturated heterocycles. The Bertz CT molecular complexity index is 1150. The number of nitrogens with one attached hydrogen (secondary N) is 1. The van der Waals surface area contributed by atoms with Gasteiger partial charge in [-0.1, -0.05) is 72.8 Å². The van der Waals surface area contributed by atoms with Crippen LogP contribution in [0.25, 0.3) is 22.4 Å². The Kier molecular flexibility index (Phi) is 4.51. The fraction of sp³-hybridized carbons (Fsp3) is 0. The lowest BCUT2D eigenvalue weighted by atomic mass is 9.95. The summed E-state index contributed by atoms with van der Waals surface area (Å²) in [6.45, 7) is 0. The Morgan fingerprint density at radius 2 is 1.50 bits per heavy atom. The standard InChI is InChI=1S/C22H15N3O3/c26-22(17-12-7-13-18(14-17)25(27)28)21-19(15-8-3-1-4-9-15)20(23-24-21)16-10-5-2-6-11-16/h1-14H,(H,23,24).